The first-order valence-electron chi connectivity index (χ1n) is 17.4. The molecular formula is C36H56O10. The number of aliphatic hydroxyl groups excluding tert-OH is 4. The number of ether oxygens (including phenoxy) is 2. The molecule has 6 N–H and O–H groups in total. The second kappa shape index (κ2) is 11.0. The number of allylic oxidation sites excluding steroid dienone is 2. The molecule has 0 aromatic rings. The number of hydrogen-bond donors (Lipinski definition) is 6. The number of aliphatic carboxylic acids is 2. The molecule has 10 nitrogen and oxygen atoms in total. The van der Waals surface area contributed by atoms with E-state index in [-0.39, 0.29) is 40.1 Å². The predicted octanol–water partition coefficient (Wildman–Crippen LogP) is 4.12. The van der Waals surface area contributed by atoms with Gasteiger partial charge in [-0.15, -0.1) is 0 Å². The highest BCUT2D eigenvalue weighted by Gasteiger charge is 2.69. The van der Waals surface area contributed by atoms with E-state index in [0.29, 0.717) is 18.8 Å². The van der Waals surface area contributed by atoms with E-state index < -0.39 is 59.6 Å². The van der Waals surface area contributed by atoms with Gasteiger partial charge in [-0.25, -0.2) is 4.79 Å². The van der Waals surface area contributed by atoms with E-state index in [9.17, 15) is 40.2 Å². The van der Waals surface area contributed by atoms with E-state index in [1.165, 1.54) is 5.57 Å². The Kier molecular flexibility index (Phi) is 8.18. The van der Waals surface area contributed by atoms with Crippen molar-refractivity contribution in [1.29, 1.82) is 0 Å². The van der Waals surface area contributed by atoms with Gasteiger partial charge in [0.05, 0.1) is 18.1 Å². The predicted molar refractivity (Wildman–Crippen MR) is 167 cm³/mol. The highest BCUT2D eigenvalue weighted by molar-refractivity contribution is 5.74. The zero-order valence-corrected chi connectivity index (χ0v) is 28.4. The molecular weight excluding hydrogens is 592 g/mol. The number of hydrogen-bond acceptors (Lipinski definition) is 8. The molecule has 1 heterocycles. The van der Waals surface area contributed by atoms with Crippen LogP contribution in [0.4, 0.5) is 0 Å². The number of carbonyl (C=O) groups is 2. The number of aliphatic hydroxyl groups is 4. The smallest absolute Gasteiger partial charge is 0.335 e. The Hall–Kier alpha value is -1.56. The van der Waals surface area contributed by atoms with Gasteiger partial charge >= 0.3 is 11.9 Å². The highest BCUT2D eigenvalue weighted by atomic mass is 16.7. The summed E-state index contributed by atoms with van der Waals surface area (Å²) in [4.78, 5) is 24.1. The minimum absolute atomic E-state index is 0.0115. The first-order chi connectivity index (χ1) is 21.3. The topological polar surface area (TPSA) is 174 Å². The van der Waals surface area contributed by atoms with Crippen LogP contribution in [-0.4, -0.2) is 86.0 Å². The van der Waals surface area contributed by atoms with Crippen molar-refractivity contribution in [2.45, 2.75) is 143 Å². The van der Waals surface area contributed by atoms with Crippen LogP contribution in [0.5, 0.6) is 0 Å². The van der Waals surface area contributed by atoms with Crippen molar-refractivity contribution in [3.05, 3.63) is 11.6 Å². The largest absolute Gasteiger partial charge is 0.481 e. The summed E-state index contributed by atoms with van der Waals surface area (Å²) in [5, 5.41) is 62.0. The van der Waals surface area contributed by atoms with Crippen molar-refractivity contribution in [3.63, 3.8) is 0 Å². The van der Waals surface area contributed by atoms with Gasteiger partial charge in [-0.3, -0.25) is 4.79 Å². The number of fused-ring (bicyclic) bond motifs is 7. The molecule has 0 amide bonds. The van der Waals surface area contributed by atoms with Gasteiger partial charge in [0.25, 0.3) is 0 Å². The standard InChI is InChI=1S/C36H56O10/c1-31-13-14-32(2,30(43)44)17-20(31)19-7-8-22-33(3)11-10-23(45-29-26(40)24(38)25(39)27(46-29)28(41)42)34(4,18-37)21(33)9-12-36(22,6)35(19,5)16-15-31/h7,20-27,29,37-40H,8-18H2,1-6H3,(H,41,42)(H,43,44). The van der Waals surface area contributed by atoms with Gasteiger partial charge in [0.2, 0.25) is 0 Å². The third-order valence-corrected chi connectivity index (χ3v) is 15.5. The maximum atomic E-state index is 12.4. The van der Waals surface area contributed by atoms with Crippen LogP contribution < -0.4 is 0 Å². The van der Waals surface area contributed by atoms with Crippen molar-refractivity contribution in [2.24, 2.45) is 50.2 Å². The lowest BCUT2D eigenvalue weighted by Crippen LogP contribution is -2.67. The second-order valence-corrected chi connectivity index (χ2v) is 17.6. The first-order valence-corrected chi connectivity index (χ1v) is 17.4. The van der Waals surface area contributed by atoms with Crippen LogP contribution in [0.15, 0.2) is 11.6 Å². The van der Waals surface area contributed by atoms with Gasteiger partial charge in [-0.1, -0.05) is 46.3 Å². The van der Waals surface area contributed by atoms with Gasteiger partial charge in [0.1, 0.15) is 18.3 Å². The van der Waals surface area contributed by atoms with Crippen molar-refractivity contribution in [3.8, 4) is 0 Å². The maximum Gasteiger partial charge on any atom is 0.335 e. The van der Waals surface area contributed by atoms with Gasteiger partial charge in [0.15, 0.2) is 12.4 Å². The Morgan fingerprint density at radius 3 is 2.17 bits per heavy atom. The van der Waals surface area contributed by atoms with Crippen molar-refractivity contribution < 1.29 is 49.7 Å². The Morgan fingerprint density at radius 1 is 0.870 bits per heavy atom. The fraction of sp³-hybridized carbons (Fsp3) is 0.889. The number of rotatable bonds is 5. The third kappa shape index (κ3) is 4.56. The van der Waals surface area contributed by atoms with Crippen LogP contribution in [0.2, 0.25) is 0 Å². The van der Waals surface area contributed by atoms with Crippen LogP contribution in [0, 0.1) is 50.2 Å². The van der Waals surface area contributed by atoms with Crippen molar-refractivity contribution in [1.82, 2.24) is 0 Å². The first kappa shape index (κ1) is 34.3. The lowest BCUT2D eigenvalue weighted by Gasteiger charge is -2.71. The normalized spacial score (nSPS) is 55.2. The number of carboxylic acid groups (broad SMARTS) is 2. The van der Waals surface area contributed by atoms with E-state index in [4.69, 9.17) is 9.47 Å². The molecule has 1 saturated heterocycles. The van der Waals surface area contributed by atoms with E-state index in [1.807, 2.05) is 13.8 Å². The molecule has 5 aliphatic carbocycles. The lowest BCUT2D eigenvalue weighted by molar-refractivity contribution is -0.327. The Morgan fingerprint density at radius 2 is 1.54 bits per heavy atom. The molecule has 0 radical (unpaired) electrons. The molecule has 0 aromatic heterocycles. The molecule has 10 heteroatoms. The Bertz CT molecular complexity index is 1290. The summed E-state index contributed by atoms with van der Waals surface area (Å²) in [6.07, 6.45) is 2.17. The second-order valence-electron chi connectivity index (χ2n) is 17.6. The fourth-order valence-electron chi connectivity index (χ4n) is 12.1. The molecule has 46 heavy (non-hydrogen) atoms. The highest BCUT2D eigenvalue weighted by Crippen LogP contribution is 2.75. The summed E-state index contributed by atoms with van der Waals surface area (Å²) in [5.74, 6) is -1.48. The Labute approximate surface area is 272 Å². The molecule has 5 fully saturated rings. The van der Waals surface area contributed by atoms with Gasteiger partial charge in [0, 0.05) is 5.41 Å². The van der Waals surface area contributed by atoms with Crippen LogP contribution in [-0.2, 0) is 19.1 Å². The molecule has 6 aliphatic rings. The molecule has 4 saturated carbocycles. The summed E-state index contributed by atoms with van der Waals surface area (Å²) in [6.45, 7) is 13.5. The monoisotopic (exact) mass is 648 g/mol. The summed E-state index contributed by atoms with van der Waals surface area (Å²) >= 11 is 0. The molecule has 260 valence electrons. The van der Waals surface area contributed by atoms with Gasteiger partial charge in [-0.05, 0) is 111 Å². The summed E-state index contributed by atoms with van der Waals surface area (Å²) < 4.78 is 11.8. The van der Waals surface area contributed by atoms with E-state index >= 15 is 0 Å². The maximum absolute atomic E-state index is 12.4. The molecule has 15 atom stereocenters. The van der Waals surface area contributed by atoms with Gasteiger partial charge < -0.3 is 40.1 Å². The fourth-order valence-corrected chi connectivity index (χ4v) is 12.1. The minimum Gasteiger partial charge on any atom is -0.481 e. The van der Waals surface area contributed by atoms with E-state index in [0.717, 1.165) is 51.4 Å². The SMILES string of the molecule is CC1(C(=O)O)CCC2(C)CCC3(C)C(=CCC4C5(C)CCC(OC6OC(C(=O)O)C(O)C(O)C6O)C(C)(CO)C5CCC43C)C2C1. The average molecular weight is 649 g/mol. The quantitative estimate of drug-likeness (QED) is 0.188. The summed E-state index contributed by atoms with van der Waals surface area (Å²) in [5.41, 5.74) is -0.0406. The third-order valence-electron chi connectivity index (χ3n) is 15.5. The van der Waals surface area contributed by atoms with Gasteiger partial charge in [-0.2, -0.15) is 0 Å². The van der Waals surface area contributed by atoms with Crippen LogP contribution in [0.1, 0.15) is 106 Å². The summed E-state index contributed by atoms with van der Waals surface area (Å²) in [6, 6.07) is 0. The molecule has 15 unspecified atom stereocenters. The molecule has 0 aromatic carbocycles. The van der Waals surface area contributed by atoms with Crippen molar-refractivity contribution >= 4 is 11.9 Å². The van der Waals surface area contributed by atoms with Crippen LogP contribution in [0.3, 0.4) is 0 Å². The van der Waals surface area contributed by atoms with E-state index in [2.05, 4.69) is 33.8 Å². The molecule has 0 bridgehead atoms. The molecule has 6 rings (SSSR count). The average Bonchev–Trinajstić information content (AvgIpc) is 2.99. The number of carboxylic acids is 2. The molecule has 1 aliphatic heterocycles. The van der Waals surface area contributed by atoms with Crippen LogP contribution >= 0.6 is 0 Å². The lowest BCUT2D eigenvalue weighted by atomic mass is 9.33. The summed E-state index contributed by atoms with van der Waals surface area (Å²) in [7, 11) is 0. The minimum atomic E-state index is -1.79. The zero-order chi connectivity index (χ0) is 33.8. The Balaban J connectivity index is 1.30. The molecule has 0 spiro atoms. The van der Waals surface area contributed by atoms with Crippen molar-refractivity contribution in [2.75, 3.05) is 6.61 Å². The van der Waals surface area contributed by atoms with E-state index in [1.54, 1.807) is 0 Å². The zero-order valence-electron chi connectivity index (χ0n) is 28.4. The van der Waals surface area contributed by atoms with Crippen LogP contribution in [0.25, 0.3) is 0 Å².